The van der Waals surface area contributed by atoms with Crippen molar-refractivity contribution >= 4 is 5.97 Å². The van der Waals surface area contributed by atoms with Gasteiger partial charge in [0.15, 0.2) is 0 Å². The Morgan fingerprint density at radius 2 is 1.29 bits per heavy atom. The van der Waals surface area contributed by atoms with Crippen LogP contribution >= 0.6 is 0 Å². The highest BCUT2D eigenvalue weighted by molar-refractivity contribution is 5.79. The smallest absolute Gasteiger partial charge is 0.311 e. The fourth-order valence-electron chi connectivity index (χ4n) is 3.50. The van der Waals surface area contributed by atoms with Crippen molar-refractivity contribution in [3.05, 3.63) is 90.0 Å². The van der Waals surface area contributed by atoms with Gasteiger partial charge in [-0.05, 0) is 40.8 Å². The van der Waals surface area contributed by atoms with Gasteiger partial charge < -0.3 is 4.74 Å². The van der Waals surface area contributed by atoms with Crippen molar-refractivity contribution in [2.24, 2.45) is 0 Å². The maximum Gasteiger partial charge on any atom is 0.311 e. The second-order valence-electron chi connectivity index (χ2n) is 6.05. The first-order valence-corrected chi connectivity index (χ1v) is 8.27. The Morgan fingerprint density at radius 1 is 0.750 bits per heavy atom. The minimum Gasteiger partial charge on any atom is -0.427 e. The van der Waals surface area contributed by atoms with Gasteiger partial charge in [-0.25, -0.2) is 0 Å². The van der Waals surface area contributed by atoms with Crippen LogP contribution in [0.5, 0.6) is 5.75 Å². The third-order valence-electron chi connectivity index (χ3n) is 4.57. The molecule has 0 bridgehead atoms. The monoisotopic (exact) mass is 314 g/mol. The van der Waals surface area contributed by atoms with E-state index in [1.54, 1.807) is 12.1 Å². The van der Waals surface area contributed by atoms with E-state index in [1.807, 2.05) is 18.2 Å². The average Bonchev–Trinajstić information content (AvgIpc) is 2.95. The van der Waals surface area contributed by atoms with Crippen molar-refractivity contribution in [2.75, 3.05) is 0 Å². The topological polar surface area (TPSA) is 26.3 Å². The first-order valence-electron chi connectivity index (χ1n) is 8.27. The molecule has 0 N–H and O–H groups in total. The zero-order valence-electron chi connectivity index (χ0n) is 13.3. The SMILES string of the molecule is O=C(CCC1c2ccccc2-c2ccccc21)Oc1ccccc1. The molecule has 2 heteroatoms. The highest BCUT2D eigenvalue weighted by atomic mass is 16.5. The number of benzene rings is 3. The van der Waals surface area contributed by atoms with Gasteiger partial charge in [0, 0.05) is 12.3 Å². The van der Waals surface area contributed by atoms with Crippen LogP contribution in [0.25, 0.3) is 11.1 Å². The van der Waals surface area contributed by atoms with Crippen LogP contribution < -0.4 is 4.74 Å². The second kappa shape index (κ2) is 6.32. The minimum absolute atomic E-state index is 0.178. The molecule has 3 aromatic rings. The highest BCUT2D eigenvalue weighted by Crippen LogP contribution is 2.46. The number of carbonyl (C=O) groups excluding carboxylic acids is 1. The third kappa shape index (κ3) is 2.71. The predicted molar refractivity (Wildman–Crippen MR) is 95.0 cm³/mol. The van der Waals surface area contributed by atoms with Gasteiger partial charge in [-0.1, -0.05) is 66.7 Å². The summed E-state index contributed by atoms with van der Waals surface area (Å²) in [4.78, 5) is 12.2. The van der Waals surface area contributed by atoms with Crippen molar-refractivity contribution < 1.29 is 9.53 Å². The maximum atomic E-state index is 12.2. The summed E-state index contributed by atoms with van der Waals surface area (Å²) in [5.41, 5.74) is 5.20. The molecule has 0 unspecified atom stereocenters. The fraction of sp³-hybridized carbons (Fsp3) is 0.136. The van der Waals surface area contributed by atoms with Gasteiger partial charge in [-0.2, -0.15) is 0 Å². The van der Waals surface area contributed by atoms with Gasteiger partial charge >= 0.3 is 5.97 Å². The molecule has 0 fully saturated rings. The zero-order chi connectivity index (χ0) is 16.4. The molecule has 0 spiro atoms. The molecule has 3 aromatic carbocycles. The summed E-state index contributed by atoms with van der Waals surface area (Å²) in [6.07, 6.45) is 1.17. The van der Waals surface area contributed by atoms with Gasteiger partial charge in [0.25, 0.3) is 0 Å². The Hall–Kier alpha value is -2.87. The fourth-order valence-corrected chi connectivity index (χ4v) is 3.50. The first kappa shape index (κ1) is 14.7. The van der Waals surface area contributed by atoms with E-state index in [0.717, 1.165) is 6.42 Å². The molecule has 0 saturated carbocycles. The minimum atomic E-state index is -0.178. The molecular weight excluding hydrogens is 296 g/mol. The lowest BCUT2D eigenvalue weighted by atomic mass is 9.92. The van der Waals surface area contributed by atoms with Gasteiger partial charge in [0.1, 0.15) is 5.75 Å². The summed E-state index contributed by atoms with van der Waals surface area (Å²) < 4.78 is 5.41. The van der Waals surface area contributed by atoms with Gasteiger partial charge in [0.05, 0.1) is 0 Å². The summed E-state index contributed by atoms with van der Waals surface area (Å²) in [6.45, 7) is 0. The Labute approximate surface area is 141 Å². The van der Waals surface area contributed by atoms with Crippen LogP contribution in [-0.2, 0) is 4.79 Å². The molecule has 2 nitrogen and oxygen atoms in total. The van der Waals surface area contributed by atoms with Gasteiger partial charge in [0.2, 0.25) is 0 Å². The quantitative estimate of drug-likeness (QED) is 0.489. The van der Waals surface area contributed by atoms with Crippen LogP contribution in [0.15, 0.2) is 78.9 Å². The van der Waals surface area contributed by atoms with E-state index in [4.69, 9.17) is 4.74 Å². The Kier molecular flexibility index (Phi) is 3.87. The number of hydrogen-bond acceptors (Lipinski definition) is 2. The summed E-state index contributed by atoms with van der Waals surface area (Å²) in [5.74, 6) is 0.693. The largest absolute Gasteiger partial charge is 0.427 e. The molecule has 0 atom stereocenters. The molecule has 4 rings (SSSR count). The molecule has 24 heavy (non-hydrogen) atoms. The van der Waals surface area contributed by atoms with Crippen molar-refractivity contribution in [2.45, 2.75) is 18.8 Å². The number of esters is 1. The van der Waals surface area contributed by atoms with E-state index in [-0.39, 0.29) is 11.9 Å². The van der Waals surface area contributed by atoms with E-state index >= 15 is 0 Å². The summed E-state index contributed by atoms with van der Waals surface area (Å²) in [6, 6.07) is 26.2. The van der Waals surface area contributed by atoms with E-state index in [0.29, 0.717) is 12.2 Å². The van der Waals surface area contributed by atoms with Crippen molar-refractivity contribution in [3.8, 4) is 16.9 Å². The first-order chi connectivity index (χ1) is 11.8. The standard InChI is InChI=1S/C22H18O2/c23-22(24-16-8-2-1-3-9-16)15-14-21-19-12-6-4-10-17(19)18-11-5-7-13-20(18)21/h1-13,21H,14-15H2. The van der Waals surface area contributed by atoms with Gasteiger partial charge in [-0.3, -0.25) is 4.79 Å². The van der Waals surface area contributed by atoms with Crippen LogP contribution in [0.1, 0.15) is 29.9 Å². The molecule has 0 amide bonds. The lowest BCUT2D eigenvalue weighted by molar-refractivity contribution is -0.134. The number of carbonyl (C=O) groups is 1. The molecule has 1 aliphatic rings. The van der Waals surface area contributed by atoms with Crippen molar-refractivity contribution in [3.63, 3.8) is 0 Å². The lowest BCUT2D eigenvalue weighted by Gasteiger charge is -2.13. The van der Waals surface area contributed by atoms with E-state index < -0.39 is 0 Å². The summed E-state index contributed by atoms with van der Waals surface area (Å²) in [5, 5.41) is 0. The van der Waals surface area contributed by atoms with Crippen LogP contribution in [0.3, 0.4) is 0 Å². The van der Waals surface area contributed by atoms with E-state index in [2.05, 4.69) is 48.5 Å². The number of ether oxygens (including phenoxy) is 1. The Morgan fingerprint density at radius 3 is 1.92 bits per heavy atom. The van der Waals surface area contributed by atoms with Crippen LogP contribution in [0, 0.1) is 0 Å². The molecular formula is C22H18O2. The summed E-state index contributed by atoms with van der Waals surface area (Å²) in [7, 11) is 0. The Balaban J connectivity index is 1.52. The average molecular weight is 314 g/mol. The van der Waals surface area contributed by atoms with Crippen molar-refractivity contribution in [1.29, 1.82) is 0 Å². The number of para-hydroxylation sites is 1. The molecule has 0 saturated heterocycles. The molecule has 0 heterocycles. The third-order valence-corrected chi connectivity index (χ3v) is 4.57. The number of hydrogen-bond donors (Lipinski definition) is 0. The van der Waals surface area contributed by atoms with E-state index in [1.165, 1.54) is 22.3 Å². The molecule has 118 valence electrons. The molecule has 1 aliphatic carbocycles. The van der Waals surface area contributed by atoms with Crippen LogP contribution in [0.4, 0.5) is 0 Å². The highest BCUT2D eigenvalue weighted by Gasteiger charge is 2.28. The predicted octanol–water partition coefficient (Wildman–Crippen LogP) is 5.18. The van der Waals surface area contributed by atoms with E-state index in [9.17, 15) is 4.79 Å². The Bertz CT molecular complexity index is 822. The lowest BCUT2D eigenvalue weighted by Crippen LogP contribution is -2.10. The maximum absolute atomic E-state index is 12.2. The zero-order valence-corrected chi connectivity index (χ0v) is 13.3. The van der Waals surface area contributed by atoms with Gasteiger partial charge in [-0.15, -0.1) is 0 Å². The molecule has 0 aliphatic heterocycles. The number of rotatable bonds is 4. The van der Waals surface area contributed by atoms with Crippen LogP contribution in [-0.4, -0.2) is 5.97 Å². The van der Waals surface area contributed by atoms with Crippen molar-refractivity contribution in [1.82, 2.24) is 0 Å². The normalized spacial score (nSPS) is 12.5. The molecule has 0 radical (unpaired) electrons. The second-order valence-corrected chi connectivity index (χ2v) is 6.05. The summed E-state index contributed by atoms with van der Waals surface area (Å²) >= 11 is 0. The number of fused-ring (bicyclic) bond motifs is 3. The van der Waals surface area contributed by atoms with Crippen LogP contribution in [0.2, 0.25) is 0 Å². The molecule has 0 aromatic heterocycles.